The van der Waals surface area contributed by atoms with E-state index in [1.165, 1.54) is 31.8 Å². The molecule has 0 unspecified atom stereocenters. The summed E-state index contributed by atoms with van der Waals surface area (Å²) in [7, 11) is -2.27. The maximum absolute atomic E-state index is 12.7. The van der Waals surface area contributed by atoms with Crippen LogP contribution in [0.2, 0.25) is 0 Å². The van der Waals surface area contributed by atoms with Crippen molar-refractivity contribution in [3.05, 3.63) is 36.8 Å². The molecule has 2 heterocycles. The topological polar surface area (TPSA) is 111 Å². The van der Waals surface area contributed by atoms with Gasteiger partial charge < -0.3 is 15.5 Å². The van der Waals surface area contributed by atoms with E-state index in [1.807, 2.05) is 0 Å². The van der Waals surface area contributed by atoms with E-state index in [-0.39, 0.29) is 21.1 Å². The van der Waals surface area contributed by atoms with Gasteiger partial charge >= 0.3 is 0 Å². The molecule has 0 aliphatic heterocycles. The summed E-state index contributed by atoms with van der Waals surface area (Å²) in [6.45, 7) is 0. The third-order valence-electron chi connectivity index (χ3n) is 3.08. The molecule has 3 N–H and O–H groups in total. The predicted octanol–water partition coefficient (Wildman–Crippen LogP) is 1.38. The minimum Gasteiger partial charge on any atom is -0.497 e. The van der Waals surface area contributed by atoms with Crippen LogP contribution in [0.1, 0.15) is 0 Å². The Balaban J connectivity index is 2.22. The Morgan fingerprint density at radius 1 is 1.24 bits per heavy atom. The van der Waals surface area contributed by atoms with Crippen LogP contribution in [0.15, 0.2) is 46.6 Å². The number of rotatable bonds is 3. The van der Waals surface area contributed by atoms with E-state index < -0.39 is 9.84 Å². The largest absolute Gasteiger partial charge is 0.497 e. The number of anilines is 1. The van der Waals surface area contributed by atoms with Crippen molar-refractivity contribution in [3.8, 4) is 5.75 Å². The first kappa shape index (κ1) is 13.4. The molecule has 1 aromatic carbocycles. The standard InChI is InChI=1S/C13H12N4O3S/c1-20-8-2-4-9(5-3-8)21(18,19)12-11-10(17-13(12)14)6-15-7-16-11/h2-7,17H,14H2,1H3. The number of hydrogen-bond donors (Lipinski definition) is 2. The lowest BCUT2D eigenvalue weighted by Gasteiger charge is -2.05. The van der Waals surface area contributed by atoms with Crippen molar-refractivity contribution in [3.63, 3.8) is 0 Å². The lowest BCUT2D eigenvalue weighted by molar-refractivity contribution is 0.414. The van der Waals surface area contributed by atoms with Gasteiger partial charge in [0.2, 0.25) is 9.84 Å². The first-order chi connectivity index (χ1) is 10.0. The normalized spacial score (nSPS) is 11.7. The number of aromatic nitrogens is 3. The van der Waals surface area contributed by atoms with Gasteiger partial charge in [0, 0.05) is 0 Å². The molecule has 0 saturated carbocycles. The van der Waals surface area contributed by atoms with Gasteiger partial charge in [-0.3, -0.25) is 0 Å². The van der Waals surface area contributed by atoms with Crippen LogP contribution < -0.4 is 10.5 Å². The molecule has 0 saturated heterocycles. The highest BCUT2D eigenvalue weighted by Gasteiger charge is 2.26. The lowest BCUT2D eigenvalue weighted by atomic mass is 10.3. The fourth-order valence-corrected chi connectivity index (χ4v) is 3.56. The van der Waals surface area contributed by atoms with Gasteiger partial charge in [-0.1, -0.05) is 0 Å². The quantitative estimate of drug-likeness (QED) is 0.756. The summed E-state index contributed by atoms with van der Waals surface area (Å²) in [6, 6.07) is 6.08. The number of nitrogens with zero attached hydrogens (tertiary/aromatic N) is 2. The Morgan fingerprint density at radius 2 is 1.95 bits per heavy atom. The summed E-state index contributed by atoms with van der Waals surface area (Å²) in [6.07, 6.45) is 2.76. The lowest BCUT2D eigenvalue weighted by Crippen LogP contribution is -2.05. The van der Waals surface area contributed by atoms with Crippen LogP contribution >= 0.6 is 0 Å². The number of nitrogens with one attached hydrogen (secondary N) is 1. The molecule has 3 rings (SSSR count). The Kier molecular flexibility index (Phi) is 3.02. The van der Waals surface area contributed by atoms with Crippen LogP contribution in [-0.4, -0.2) is 30.5 Å². The number of ether oxygens (including phenoxy) is 1. The molecule has 21 heavy (non-hydrogen) atoms. The number of H-pyrrole nitrogens is 1. The summed E-state index contributed by atoms with van der Waals surface area (Å²) in [4.78, 5) is 10.7. The molecular formula is C13H12N4O3S. The second-order valence-corrected chi connectivity index (χ2v) is 6.22. The average Bonchev–Trinajstić information content (AvgIpc) is 2.83. The van der Waals surface area contributed by atoms with Gasteiger partial charge in [-0.15, -0.1) is 0 Å². The summed E-state index contributed by atoms with van der Waals surface area (Å²) in [5.41, 5.74) is 6.56. The van der Waals surface area contributed by atoms with Gasteiger partial charge in [0.25, 0.3) is 0 Å². The zero-order chi connectivity index (χ0) is 15.0. The number of sulfone groups is 1. The fraction of sp³-hybridized carbons (Fsp3) is 0.0769. The van der Waals surface area contributed by atoms with Crippen molar-refractivity contribution in [2.24, 2.45) is 0 Å². The van der Waals surface area contributed by atoms with Crippen molar-refractivity contribution in [2.45, 2.75) is 9.79 Å². The number of nitrogen functional groups attached to an aromatic ring is 1. The number of methoxy groups -OCH3 is 1. The molecular weight excluding hydrogens is 292 g/mol. The second-order valence-electron chi connectivity index (χ2n) is 4.33. The van der Waals surface area contributed by atoms with Crippen LogP contribution in [0.3, 0.4) is 0 Å². The van der Waals surface area contributed by atoms with Gasteiger partial charge in [0.15, 0.2) is 0 Å². The van der Waals surface area contributed by atoms with Crippen LogP contribution in [-0.2, 0) is 9.84 Å². The van der Waals surface area contributed by atoms with E-state index in [2.05, 4.69) is 15.0 Å². The highest BCUT2D eigenvalue weighted by atomic mass is 32.2. The van der Waals surface area contributed by atoms with Crippen molar-refractivity contribution < 1.29 is 13.2 Å². The zero-order valence-electron chi connectivity index (χ0n) is 11.1. The van der Waals surface area contributed by atoms with E-state index >= 15 is 0 Å². The van der Waals surface area contributed by atoms with Crippen molar-refractivity contribution in [1.82, 2.24) is 15.0 Å². The molecule has 0 spiro atoms. The monoisotopic (exact) mass is 304 g/mol. The first-order valence-corrected chi connectivity index (χ1v) is 7.48. The summed E-state index contributed by atoms with van der Waals surface area (Å²) < 4.78 is 30.5. The molecule has 7 nitrogen and oxygen atoms in total. The third-order valence-corrected chi connectivity index (χ3v) is 4.92. The highest BCUT2D eigenvalue weighted by molar-refractivity contribution is 7.91. The molecule has 0 radical (unpaired) electrons. The molecule has 0 aliphatic rings. The van der Waals surface area contributed by atoms with Crippen LogP contribution in [0.5, 0.6) is 5.75 Å². The van der Waals surface area contributed by atoms with E-state index in [0.717, 1.165) is 0 Å². The number of benzene rings is 1. The van der Waals surface area contributed by atoms with Gasteiger partial charge in [-0.2, -0.15) is 0 Å². The molecule has 0 amide bonds. The number of aromatic amines is 1. The summed E-state index contributed by atoms with van der Waals surface area (Å²) >= 11 is 0. The van der Waals surface area contributed by atoms with Gasteiger partial charge in [0.05, 0.1) is 23.7 Å². The second kappa shape index (κ2) is 4.74. The molecule has 3 aromatic rings. The molecule has 0 aliphatic carbocycles. The number of hydrogen-bond acceptors (Lipinski definition) is 6. The van der Waals surface area contributed by atoms with Crippen molar-refractivity contribution in [1.29, 1.82) is 0 Å². The average molecular weight is 304 g/mol. The molecule has 0 bridgehead atoms. The molecule has 0 atom stereocenters. The highest BCUT2D eigenvalue weighted by Crippen LogP contribution is 2.32. The maximum atomic E-state index is 12.7. The Morgan fingerprint density at radius 3 is 2.62 bits per heavy atom. The maximum Gasteiger partial charge on any atom is 0.212 e. The number of nitrogens with two attached hydrogens (primary N) is 1. The fourth-order valence-electron chi connectivity index (χ4n) is 2.08. The van der Waals surface area contributed by atoms with E-state index in [1.54, 1.807) is 12.1 Å². The minimum absolute atomic E-state index is 0.0370. The first-order valence-electron chi connectivity index (χ1n) is 6.00. The van der Waals surface area contributed by atoms with Gasteiger partial charge in [0.1, 0.15) is 28.3 Å². The van der Waals surface area contributed by atoms with Gasteiger partial charge in [-0.25, -0.2) is 18.4 Å². The van der Waals surface area contributed by atoms with E-state index in [4.69, 9.17) is 10.5 Å². The Bertz CT molecular complexity index is 901. The predicted molar refractivity (Wildman–Crippen MR) is 76.7 cm³/mol. The molecule has 108 valence electrons. The minimum atomic E-state index is -3.78. The summed E-state index contributed by atoms with van der Waals surface area (Å²) in [5.74, 6) is 0.615. The van der Waals surface area contributed by atoms with E-state index in [0.29, 0.717) is 11.3 Å². The van der Waals surface area contributed by atoms with Gasteiger partial charge in [-0.05, 0) is 24.3 Å². The summed E-state index contributed by atoms with van der Waals surface area (Å²) in [5, 5.41) is 0. The van der Waals surface area contributed by atoms with Crippen molar-refractivity contribution >= 4 is 26.7 Å². The van der Waals surface area contributed by atoms with Crippen LogP contribution in [0, 0.1) is 0 Å². The Hall–Kier alpha value is -2.61. The van der Waals surface area contributed by atoms with Crippen LogP contribution in [0.25, 0.3) is 11.0 Å². The van der Waals surface area contributed by atoms with Crippen LogP contribution in [0.4, 0.5) is 5.82 Å². The number of fused-ring (bicyclic) bond motifs is 1. The van der Waals surface area contributed by atoms with E-state index in [9.17, 15) is 8.42 Å². The Labute approximate surface area is 120 Å². The SMILES string of the molecule is COc1ccc(S(=O)(=O)c2c(N)[nH]c3cncnc23)cc1. The molecule has 0 fully saturated rings. The molecule has 2 aromatic heterocycles. The van der Waals surface area contributed by atoms with Crippen molar-refractivity contribution in [2.75, 3.05) is 12.8 Å². The zero-order valence-corrected chi connectivity index (χ0v) is 11.9. The smallest absolute Gasteiger partial charge is 0.212 e. The molecule has 8 heteroatoms. The third kappa shape index (κ3) is 2.09.